The summed E-state index contributed by atoms with van der Waals surface area (Å²) in [5.74, 6) is 0.468. The number of hydrogen-bond donors (Lipinski definition) is 0. The van der Waals surface area contributed by atoms with Gasteiger partial charge in [0.05, 0.1) is 23.7 Å². The third-order valence-electron chi connectivity index (χ3n) is 4.46. The van der Waals surface area contributed by atoms with E-state index in [1.54, 1.807) is 16.7 Å². The highest BCUT2D eigenvalue weighted by Crippen LogP contribution is 2.37. The molecule has 0 aliphatic carbocycles. The topological polar surface area (TPSA) is 79.1 Å². The number of carbonyl (C=O) groups excluding carboxylic acids is 2. The molecule has 9 heteroatoms. The minimum Gasteiger partial charge on any atom is -0.469 e. The lowest BCUT2D eigenvalue weighted by Crippen LogP contribution is -2.18. The van der Waals surface area contributed by atoms with E-state index in [0.717, 1.165) is 15.8 Å². The summed E-state index contributed by atoms with van der Waals surface area (Å²) in [5, 5.41) is 0.547. The monoisotopic (exact) mass is 444 g/mol. The lowest BCUT2D eigenvalue weighted by atomic mass is 10.2. The summed E-state index contributed by atoms with van der Waals surface area (Å²) in [6.07, 6.45) is 3.13. The molecule has 0 fully saturated rings. The van der Waals surface area contributed by atoms with Crippen LogP contribution in [-0.2, 0) is 20.9 Å². The van der Waals surface area contributed by atoms with Crippen LogP contribution >= 0.6 is 22.9 Å². The molecule has 0 spiro atoms. The van der Waals surface area contributed by atoms with E-state index < -0.39 is 5.91 Å². The van der Waals surface area contributed by atoms with Gasteiger partial charge in [-0.15, -0.1) is 0 Å². The van der Waals surface area contributed by atoms with Crippen LogP contribution in [0.5, 0.6) is 11.5 Å². The highest BCUT2D eigenvalue weighted by molar-refractivity contribution is 7.16. The Hall–Kier alpha value is -3.10. The van der Waals surface area contributed by atoms with Crippen LogP contribution in [0.25, 0.3) is 16.3 Å². The highest BCUT2D eigenvalue weighted by Gasteiger charge is 2.18. The maximum atomic E-state index is 12.5. The standard InChI is InChI=1S/C21H17ClN2O5S/c1-27-20(26)8-9-24-15-10-16-17(29-12-28-16)11-18(15)30-21(24)23-19(25)7-6-13-4-2-3-5-14(13)22/h2-7,10-11H,8-9,12H2,1H3/b7-6+,23-21?. The summed E-state index contributed by atoms with van der Waals surface area (Å²) in [6, 6.07) is 10.9. The lowest BCUT2D eigenvalue weighted by Gasteiger charge is -2.05. The van der Waals surface area contributed by atoms with Crippen molar-refractivity contribution in [2.75, 3.05) is 13.9 Å². The molecular formula is C21H17ClN2O5S. The number of fused-ring (bicyclic) bond motifs is 2. The third-order valence-corrected chi connectivity index (χ3v) is 5.85. The van der Waals surface area contributed by atoms with Gasteiger partial charge in [0, 0.05) is 29.8 Å². The second-order valence-corrected chi connectivity index (χ2v) is 7.76. The van der Waals surface area contributed by atoms with Crippen molar-refractivity contribution in [3.63, 3.8) is 0 Å². The Labute approximate surface area is 180 Å². The first-order valence-electron chi connectivity index (χ1n) is 9.06. The molecule has 0 saturated carbocycles. The molecule has 7 nitrogen and oxygen atoms in total. The van der Waals surface area contributed by atoms with Gasteiger partial charge in [0.25, 0.3) is 5.91 Å². The average Bonchev–Trinajstić information content (AvgIpc) is 3.33. The van der Waals surface area contributed by atoms with E-state index in [0.29, 0.717) is 27.9 Å². The Kier molecular flexibility index (Phi) is 5.87. The van der Waals surface area contributed by atoms with E-state index in [4.69, 9.17) is 25.8 Å². The molecule has 1 aromatic heterocycles. The molecule has 1 amide bonds. The average molecular weight is 445 g/mol. The molecule has 0 radical (unpaired) electrons. The smallest absolute Gasteiger partial charge is 0.307 e. The van der Waals surface area contributed by atoms with Gasteiger partial charge < -0.3 is 18.8 Å². The van der Waals surface area contributed by atoms with Crippen LogP contribution in [0.2, 0.25) is 5.02 Å². The Bertz CT molecular complexity index is 1230. The van der Waals surface area contributed by atoms with E-state index >= 15 is 0 Å². The van der Waals surface area contributed by atoms with Crippen LogP contribution in [0.3, 0.4) is 0 Å². The molecule has 154 valence electrons. The Morgan fingerprint density at radius 1 is 1.27 bits per heavy atom. The first-order chi connectivity index (χ1) is 14.5. The number of thiazole rings is 1. The summed E-state index contributed by atoms with van der Waals surface area (Å²) in [6.45, 7) is 0.476. The quantitative estimate of drug-likeness (QED) is 0.442. The van der Waals surface area contributed by atoms with Crippen LogP contribution < -0.4 is 14.3 Å². The summed E-state index contributed by atoms with van der Waals surface area (Å²) in [7, 11) is 1.34. The van der Waals surface area contributed by atoms with Gasteiger partial charge in [-0.05, 0) is 17.7 Å². The first kappa shape index (κ1) is 20.2. The van der Waals surface area contributed by atoms with Crippen molar-refractivity contribution in [3.8, 4) is 11.5 Å². The molecule has 2 aromatic carbocycles. The molecule has 0 bridgehead atoms. The van der Waals surface area contributed by atoms with Crippen LogP contribution in [0.1, 0.15) is 12.0 Å². The number of carbonyl (C=O) groups is 2. The Morgan fingerprint density at radius 2 is 2.03 bits per heavy atom. The van der Waals surface area contributed by atoms with Gasteiger partial charge >= 0.3 is 5.97 Å². The number of aromatic nitrogens is 1. The lowest BCUT2D eigenvalue weighted by molar-refractivity contribution is -0.140. The SMILES string of the molecule is COC(=O)CCn1c(=NC(=O)/C=C/c2ccccc2Cl)sc2cc3c(cc21)OCO3. The molecule has 0 N–H and O–H groups in total. The number of esters is 1. The molecule has 0 atom stereocenters. The predicted molar refractivity (Wildman–Crippen MR) is 114 cm³/mol. The fraction of sp³-hybridized carbons (Fsp3) is 0.190. The van der Waals surface area contributed by atoms with Crippen molar-refractivity contribution >= 4 is 51.1 Å². The normalized spacial score (nSPS) is 13.3. The van der Waals surface area contributed by atoms with Gasteiger partial charge in [0.15, 0.2) is 16.3 Å². The van der Waals surface area contributed by atoms with Crippen molar-refractivity contribution in [2.45, 2.75) is 13.0 Å². The zero-order valence-electron chi connectivity index (χ0n) is 16.0. The first-order valence-corrected chi connectivity index (χ1v) is 10.3. The summed E-state index contributed by atoms with van der Waals surface area (Å²) >= 11 is 7.45. The summed E-state index contributed by atoms with van der Waals surface area (Å²) < 4.78 is 18.3. The fourth-order valence-corrected chi connectivity index (χ4v) is 4.24. The van der Waals surface area contributed by atoms with Crippen molar-refractivity contribution in [2.24, 2.45) is 4.99 Å². The minimum atomic E-state index is -0.437. The van der Waals surface area contributed by atoms with Crippen LogP contribution in [-0.4, -0.2) is 30.3 Å². The summed E-state index contributed by atoms with van der Waals surface area (Å²) in [5.41, 5.74) is 1.53. The highest BCUT2D eigenvalue weighted by atomic mass is 35.5. The van der Waals surface area contributed by atoms with Gasteiger partial charge in [-0.25, -0.2) is 0 Å². The number of hydrogen-bond acceptors (Lipinski definition) is 6. The van der Waals surface area contributed by atoms with Gasteiger partial charge in [-0.1, -0.05) is 41.1 Å². The van der Waals surface area contributed by atoms with Gasteiger partial charge in [-0.2, -0.15) is 4.99 Å². The maximum Gasteiger partial charge on any atom is 0.307 e. The molecule has 1 aliphatic rings. The van der Waals surface area contributed by atoms with Gasteiger partial charge in [0.1, 0.15) is 0 Å². The van der Waals surface area contributed by atoms with E-state index in [1.165, 1.54) is 24.5 Å². The van der Waals surface area contributed by atoms with Gasteiger partial charge in [0.2, 0.25) is 6.79 Å². The van der Waals surface area contributed by atoms with E-state index in [9.17, 15) is 9.59 Å². The minimum absolute atomic E-state index is 0.146. The number of benzene rings is 2. The number of ether oxygens (including phenoxy) is 3. The zero-order valence-corrected chi connectivity index (χ0v) is 17.5. The second kappa shape index (κ2) is 8.73. The van der Waals surface area contributed by atoms with Crippen molar-refractivity contribution < 1.29 is 23.8 Å². The molecule has 2 heterocycles. The third kappa shape index (κ3) is 4.24. The maximum absolute atomic E-state index is 12.5. The number of amides is 1. The van der Waals surface area contributed by atoms with Crippen LogP contribution in [0, 0.1) is 0 Å². The van der Waals surface area contributed by atoms with Crippen molar-refractivity contribution in [3.05, 3.63) is 57.9 Å². The van der Waals surface area contributed by atoms with Crippen molar-refractivity contribution in [1.29, 1.82) is 0 Å². The van der Waals surface area contributed by atoms with E-state index in [2.05, 4.69) is 4.99 Å². The molecule has 4 rings (SSSR count). The van der Waals surface area contributed by atoms with E-state index in [1.807, 2.05) is 30.3 Å². The Morgan fingerprint density at radius 3 is 2.80 bits per heavy atom. The van der Waals surface area contributed by atoms with Gasteiger partial charge in [-0.3, -0.25) is 9.59 Å². The molecule has 0 unspecified atom stereocenters. The Balaban J connectivity index is 1.71. The predicted octanol–water partition coefficient (Wildman–Crippen LogP) is 3.79. The molecule has 0 saturated heterocycles. The summed E-state index contributed by atoms with van der Waals surface area (Å²) in [4.78, 5) is 28.8. The second-order valence-electron chi connectivity index (χ2n) is 6.34. The molecular weight excluding hydrogens is 428 g/mol. The zero-order chi connectivity index (χ0) is 21.1. The number of halogens is 1. The van der Waals surface area contributed by atoms with Crippen LogP contribution in [0.15, 0.2) is 47.5 Å². The number of rotatable bonds is 5. The van der Waals surface area contributed by atoms with E-state index in [-0.39, 0.29) is 19.2 Å². The molecule has 1 aliphatic heterocycles. The number of nitrogens with zero attached hydrogens (tertiary/aromatic N) is 2. The molecule has 3 aromatic rings. The number of methoxy groups -OCH3 is 1. The molecule has 30 heavy (non-hydrogen) atoms. The van der Waals surface area contributed by atoms with Crippen molar-refractivity contribution in [1.82, 2.24) is 4.57 Å². The fourth-order valence-electron chi connectivity index (χ4n) is 2.97. The largest absolute Gasteiger partial charge is 0.469 e. The van der Waals surface area contributed by atoms with Crippen LogP contribution in [0.4, 0.5) is 0 Å². The number of aryl methyl sites for hydroxylation is 1.